The van der Waals surface area contributed by atoms with Crippen LogP contribution in [-0.4, -0.2) is 25.7 Å². The monoisotopic (exact) mass is 276 g/mol. The van der Waals surface area contributed by atoms with Crippen LogP contribution >= 0.6 is 11.3 Å². The van der Waals surface area contributed by atoms with Gasteiger partial charge >= 0.3 is 11.9 Å². The lowest BCUT2D eigenvalue weighted by molar-refractivity contribution is 0.0550. The Bertz CT molecular complexity index is 642. The minimum atomic E-state index is -0.427. The number of esters is 2. The van der Waals surface area contributed by atoms with Crippen LogP contribution in [0, 0.1) is 0 Å². The van der Waals surface area contributed by atoms with Crippen molar-refractivity contribution in [2.45, 2.75) is 0 Å². The highest BCUT2D eigenvalue weighted by atomic mass is 32.1. The van der Waals surface area contributed by atoms with Gasteiger partial charge in [-0.2, -0.15) is 0 Å². The molecule has 1 aromatic carbocycles. The SMILES string of the molecule is C=CCOC(=O)c1cccc2cc(C(=O)OC)sc12. The molecule has 0 unspecified atom stereocenters. The van der Waals surface area contributed by atoms with Gasteiger partial charge < -0.3 is 9.47 Å². The smallest absolute Gasteiger partial charge is 0.348 e. The number of thiophene rings is 1. The van der Waals surface area contributed by atoms with Crippen LogP contribution in [-0.2, 0) is 9.47 Å². The number of hydrogen-bond donors (Lipinski definition) is 0. The first-order valence-electron chi connectivity index (χ1n) is 5.56. The number of fused-ring (bicyclic) bond motifs is 1. The summed E-state index contributed by atoms with van der Waals surface area (Å²) in [6, 6.07) is 6.96. The van der Waals surface area contributed by atoms with Crippen molar-refractivity contribution < 1.29 is 19.1 Å². The zero-order chi connectivity index (χ0) is 13.8. The van der Waals surface area contributed by atoms with E-state index in [2.05, 4.69) is 11.3 Å². The van der Waals surface area contributed by atoms with Gasteiger partial charge in [0.1, 0.15) is 11.5 Å². The predicted octanol–water partition coefficient (Wildman–Crippen LogP) is 3.03. The number of methoxy groups -OCH3 is 1. The molecule has 4 nitrogen and oxygen atoms in total. The van der Waals surface area contributed by atoms with E-state index in [4.69, 9.17) is 4.74 Å². The average Bonchev–Trinajstić information content (AvgIpc) is 2.87. The van der Waals surface area contributed by atoms with E-state index in [1.807, 2.05) is 6.07 Å². The molecule has 0 saturated carbocycles. The summed E-state index contributed by atoms with van der Waals surface area (Å²) in [6.07, 6.45) is 1.51. The first kappa shape index (κ1) is 13.3. The van der Waals surface area contributed by atoms with Crippen LogP contribution in [0.2, 0.25) is 0 Å². The predicted molar refractivity (Wildman–Crippen MR) is 73.6 cm³/mol. The fraction of sp³-hybridized carbons (Fsp3) is 0.143. The summed E-state index contributed by atoms with van der Waals surface area (Å²) in [5.74, 6) is -0.838. The molecule has 5 heteroatoms. The number of carbonyl (C=O) groups excluding carboxylic acids is 2. The maximum Gasteiger partial charge on any atom is 0.348 e. The summed E-state index contributed by atoms with van der Waals surface area (Å²) >= 11 is 1.22. The molecular formula is C14H12O4S. The van der Waals surface area contributed by atoms with Crippen molar-refractivity contribution in [3.8, 4) is 0 Å². The van der Waals surface area contributed by atoms with E-state index in [0.717, 1.165) is 10.1 Å². The van der Waals surface area contributed by atoms with E-state index in [1.54, 1.807) is 18.2 Å². The molecule has 0 amide bonds. The number of ether oxygens (including phenoxy) is 2. The molecule has 0 radical (unpaired) electrons. The molecule has 19 heavy (non-hydrogen) atoms. The lowest BCUT2D eigenvalue weighted by Gasteiger charge is -2.02. The highest BCUT2D eigenvalue weighted by molar-refractivity contribution is 7.21. The topological polar surface area (TPSA) is 52.6 Å². The van der Waals surface area contributed by atoms with Gasteiger partial charge in [0.2, 0.25) is 0 Å². The summed E-state index contributed by atoms with van der Waals surface area (Å²) in [4.78, 5) is 23.8. The third-order valence-electron chi connectivity index (χ3n) is 2.48. The van der Waals surface area contributed by atoms with Gasteiger partial charge in [-0.15, -0.1) is 11.3 Å². The Morgan fingerprint density at radius 1 is 1.37 bits per heavy atom. The van der Waals surface area contributed by atoms with Gasteiger partial charge in [0.05, 0.1) is 12.7 Å². The van der Waals surface area contributed by atoms with Crippen molar-refractivity contribution in [3.05, 3.63) is 47.4 Å². The summed E-state index contributed by atoms with van der Waals surface area (Å²) in [6.45, 7) is 3.65. The van der Waals surface area contributed by atoms with E-state index in [0.29, 0.717) is 10.4 Å². The zero-order valence-electron chi connectivity index (χ0n) is 10.3. The molecular weight excluding hydrogens is 264 g/mol. The van der Waals surface area contributed by atoms with Crippen molar-refractivity contribution in [1.82, 2.24) is 0 Å². The first-order chi connectivity index (χ1) is 9.17. The van der Waals surface area contributed by atoms with Crippen molar-refractivity contribution in [2.24, 2.45) is 0 Å². The van der Waals surface area contributed by atoms with Crippen molar-refractivity contribution in [3.63, 3.8) is 0 Å². The fourth-order valence-electron chi connectivity index (χ4n) is 1.64. The Labute approximate surface area is 114 Å². The summed E-state index contributed by atoms with van der Waals surface area (Å²) in [5.41, 5.74) is 0.444. The number of benzene rings is 1. The third-order valence-corrected chi connectivity index (χ3v) is 3.65. The van der Waals surface area contributed by atoms with Crippen LogP contribution in [0.5, 0.6) is 0 Å². The van der Waals surface area contributed by atoms with Gasteiger partial charge in [0, 0.05) is 4.70 Å². The van der Waals surface area contributed by atoms with Crippen LogP contribution in [0.25, 0.3) is 10.1 Å². The van der Waals surface area contributed by atoms with Gasteiger partial charge in [-0.1, -0.05) is 24.8 Å². The molecule has 0 atom stereocenters. The van der Waals surface area contributed by atoms with E-state index < -0.39 is 11.9 Å². The average molecular weight is 276 g/mol. The molecule has 0 aliphatic carbocycles. The minimum Gasteiger partial charge on any atom is -0.465 e. The Hall–Kier alpha value is -2.14. The van der Waals surface area contributed by atoms with Crippen LogP contribution in [0.4, 0.5) is 0 Å². The van der Waals surface area contributed by atoms with Gasteiger partial charge in [0.25, 0.3) is 0 Å². The Balaban J connectivity index is 2.44. The molecule has 0 N–H and O–H groups in total. The normalized spacial score (nSPS) is 10.2. The van der Waals surface area contributed by atoms with Gasteiger partial charge in [-0.3, -0.25) is 0 Å². The molecule has 2 rings (SSSR count). The maximum atomic E-state index is 11.9. The van der Waals surface area contributed by atoms with Crippen LogP contribution in [0.3, 0.4) is 0 Å². The summed E-state index contributed by atoms with van der Waals surface area (Å²) in [7, 11) is 1.33. The number of hydrogen-bond acceptors (Lipinski definition) is 5. The highest BCUT2D eigenvalue weighted by Crippen LogP contribution is 2.29. The Morgan fingerprint density at radius 2 is 2.16 bits per heavy atom. The van der Waals surface area contributed by atoms with Crippen LogP contribution in [0.1, 0.15) is 20.0 Å². The molecule has 0 spiro atoms. The second kappa shape index (κ2) is 5.67. The second-order valence-electron chi connectivity index (χ2n) is 3.71. The third kappa shape index (κ3) is 2.66. The van der Waals surface area contributed by atoms with Crippen LogP contribution in [0.15, 0.2) is 36.9 Å². The van der Waals surface area contributed by atoms with E-state index >= 15 is 0 Å². The summed E-state index contributed by atoms with van der Waals surface area (Å²) in [5, 5.41) is 0.818. The lowest BCUT2D eigenvalue weighted by Crippen LogP contribution is -2.04. The van der Waals surface area contributed by atoms with Gasteiger partial charge in [-0.05, 0) is 17.5 Å². The number of rotatable bonds is 4. The molecule has 0 saturated heterocycles. The largest absolute Gasteiger partial charge is 0.465 e. The van der Waals surface area contributed by atoms with Crippen molar-refractivity contribution in [1.29, 1.82) is 0 Å². The highest BCUT2D eigenvalue weighted by Gasteiger charge is 2.16. The maximum absolute atomic E-state index is 11.9. The molecule has 1 heterocycles. The van der Waals surface area contributed by atoms with Crippen molar-refractivity contribution >= 4 is 33.4 Å². The van der Waals surface area contributed by atoms with E-state index in [1.165, 1.54) is 24.5 Å². The second-order valence-corrected chi connectivity index (χ2v) is 4.77. The summed E-state index contributed by atoms with van der Waals surface area (Å²) < 4.78 is 10.4. The van der Waals surface area contributed by atoms with Gasteiger partial charge in [-0.25, -0.2) is 9.59 Å². The zero-order valence-corrected chi connectivity index (χ0v) is 11.2. The van der Waals surface area contributed by atoms with E-state index in [-0.39, 0.29) is 6.61 Å². The van der Waals surface area contributed by atoms with Crippen LogP contribution < -0.4 is 0 Å². The molecule has 0 aliphatic heterocycles. The molecule has 2 aromatic rings. The van der Waals surface area contributed by atoms with Gasteiger partial charge in [0.15, 0.2) is 0 Å². The van der Waals surface area contributed by atoms with Crippen molar-refractivity contribution in [2.75, 3.05) is 13.7 Å². The standard InChI is InChI=1S/C14H12O4S/c1-3-7-18-13(15)10-6-4-5-9-8-11(14(16)17-2)19-12(9)10/h3-6,8H,1,7H2,2H3. The molecule has 98 valence electrons. The molecule has 1 aromatic heterocycles. The Morgan fingerprint density at radius 3 is 2.84 bits per heavy atom. The first-order valence-corrected chi connectivity index (χ1v) is 6.38. The number of carbonyl (C=O) groups is 2. The molecule has 0 aliphatic rings. The minimum absolute atomic E-state index is 0.157. The Kier molecular flexibility index (Phi) is 3.97. The lowest BCUT2D eigenvalue weighted by atomic mass is 10.1. The van der Waals surface area contributed by atoms with E-state index in [9.17, 15) is 9.59 Å². The quantitative estimate of drug-likeness (QED) is 0.636. The molecule has 0 bridgehead atoms. The fourth-order valence-corrected chi connectivity index (χ4v) is 2.72. The molecule has 0 fully saturated rings.